The van der Waals surface area contributed by atoms with Crippen molar-refractivity contribution in [2.24, 2.45) is 5.92 Å². The van der Waals surface area contributed by atoms with Crippen molar-refractivity contribution in [3.05, 3.63) is 34.9 Å². The van der Waals surface area contributed by atoms with E-state index in [1.54, 1.807) is 13.0 Å². The van der Waals surface area contributed by atoms with Crippen LogP contribution in [-0.4, -0.2) is 12.3 Å². The Kier molecular flexibility index (Phi) is 10.7. The molecule has 3 nitrogen and oxygen atoms in total. The Morgan fingerprint density at radius 2 is 1.82 bits per heavy atom. The smallest absolute Gasteiger partial charge is 0.233 e. The SMILES string of the molecule is C=C(Br)/C=C(/C)C(=C)C(C)C(=O)NC=O.CC. The van der Waals surface area contributed by atoms with Crippen LogP contribution in [0.2, 0.25) is 0 Å². The van der Waals surface area contributed by atoms with Gasteiger partial charge in [-0.3, -0.25) is 14.9 Å². The zero-order valence-corrected chi connectivity index (χ0v) is 12.4. The van der Waals surface area contributed by atoms with Crippen molar-refractivity contribution in [1.29, 1.82) is 0 Å². The van der Waals surface area contributed by atoms with Crippen LogP contribution in [0, 0.1) is 5.92 Å². The van der Waals surface area contributed by atoms with E-state index in [1.165, 1.54) is 0 Å². The summed E-state index contributed by atoms with van der Waals surface area (Å²) in [6.45, 7) is 15.0. The zero-order chi connectivity index (χ0) is 14.0. The first kappa shape index (κ1) is 18.2. The number of carbonyl (C=O) groups excluding carboxylic acids is 2. The van der Waals surface area contributed by atoms with Crippen LogP contribution in [0.1, 0.15) is 27.7 Å². The molecule has 0 fully saturated rings. The molecule has 0 aromatic carbocycles. The second-order valence-electron chi connectivity index (χ2n) is 3.15. The van der Waals surface area contributed by atoms with E-state index >= 15 is 0 Å². The van der Waals surface area contributed by atoms with E-state index in [9.17, 15) is 9.59 Å². The third-order valence-electron chi connectivity index (χ3n) is 2.00. The predicted molar refractivity (Wildman–Crippen MR) is 75.7 cm³/mol. The minimum atomic E-state index is -0.432. The lowest BCUT2D eigenvalue weighted by Crippen LogP contribution is -2.28. The summed E-state index contributed by atoms with van der Waals surface area (Å²) in [5.41, 5.74) is 1.51. The highest BCUT2D eigenvalue weighted by atomic mass is 79.9. The molecule has 1 N–H and O–H groups in total. The van der Waals surface area contributed by atoms with Gasteiger partial charge in [0.05, 0.1) is 5.92 Å². The Morgan fingerprint density at radius 3 is 2.18 bits per heavy atom. The second kappa shape index (κ2) is 10.0. The molecular weight excluding hydrogens is 282 g/mol. The highest BCUT2D eigenvalue weighted by molar-refractivity contribution is 9.11. The molecule has 4 heteroatoms. The topological polar surface area (TPSA) is 46.2 Å². The first-order valence-electron chi connectivity index (χ1n) is 5.36. The summed E-state index contributed by atoms with van der Waals surface area (Å²) in [6, 6.07) is 0. The summed E-state index contributed by atoms with van der Waals surface area (Å²) in [5, 5.41) is 2.09. The molecule has 0 saturated heterocycles. The van der Waals surface area contributed by atoms with Crippen molar-refractivity contribution >= 4 is 28.2 Å². The quantitative estimate of drug-likeness (QED) is 0.625. The van der Waals surface area contributed by atoms with Crippen molar-refractivity contribution in [3.63, 3.8) is 0 Å². The Labute approximate surface area is 112 Å². The van der Waals surface area contributed by atoms with E-state index < -0.39 is 5.92 Å². The summed E-state index contributed by atoms with van der Waals surface area (Å²) < 4.78 is 0.712. The molecule has 1 unspecified atom stereocenters. The van der Waals surface area contributed by atoms with Crippen LogP contribution in [0.25, 0.3) is 0 Å². The highest BCUT2D eigenvalue weighted by Gasteiger charge is 2.16. The van der Waals surface area contributed by atoms with Gasteiger partial charge in [-0.2, -0.15) is 0 Å². The van der Waals surface area contributed by atoms with Gasteiger partial charge in [-0.15, -0.1) is 0 Å². The number of halogens is 1. The number of hydrogen-bond donors (Lipinski definition) is 1. The van der Waals surface area contributed by atoms with Gasteiger partial charge >= 0.3 is 0 Å². The Hall–Kier alpha value is -1.16. The summed E-state index contributed by atoms with van der Waals surface area (Å²) >= 11 is 3.19. The van der Waals surface area contributed by atoms with E-state index in [0.717, 1.165) is 5.57 Å². The van der Waals surface area contributed by atoms with E-state index in [-0.39, 0.29) is 5.91 Å². The largest absolute Gasteiger partial charge is 0.299 e. The number of carbonyl (C=O) groups is 2. The zero-order valence-electron chi connectivity index (χ0n) is 10.8. The number of amides is 2. The van der Waals surface area contributed by atoms with Crippen LogP contribution >= 0.6 is 15.9 Å². The van der Waals surface area contributed by atoms with Crippen molar-refractivity contribution in [3.8, 4) is 0 Å². The van der Waals surface area contributed by atoms with Gasteiger partial charge in [0, 0.05) is 4.48 Å². The molecular formula is C13H20BrNO2. The Morgan fingerprint density at radius 1 is 1.35 bits per heavy atom. The molecule has 96 valence electrons. The Balaban J connectivity index is 0. The van der Waals surface area contributed by atoms with Gasteiger partial charge in [0.25, 0.3) is 0 Å². The maximum atomic E-state index is 11.3. The van der Waals surface area contributed by atoms with Crippen LogP contribution in [-0.2, 0) is 9.59 Å². The predicted octanol–water partition coefficient (Wildman–Crippen LogP) is 3.33. The number of hydrogen-bond acceptors (Lipinski definition) is 2. The number of rotatable bonds is 5. The standard InChI is InChI=1S/C11H14BrNO2.C2H6/c1-7(5-8(2)12)9(3)10(4)11(15)13-6-14;1-2/h5-6,10H,2-3H2,1,4H3,(H,13,14,15);1-2H3/b7-5-;. The number of allylic oxidation sites excluding steroid dienone is 3. The monoisotopic (exact) mass is 301 g/mol. The molecule has 0 rings (SSSR count). The van der Waals surface area contributed by atoms with Crippen LogP contribution in [0.5, 0.6) is 0 Å². The molecule has 0 radical (unpaired) electrons. The van der Waals surface area contributed by atoms with Crippen molar-refractivity contribution < 1.29 is 9.59 Å². The summed E-state index contributed by atoms with van der Waals surface area (Å²) in [4.78, 5) is 21.4. The number of imide groups is 1. The van der Waals surface area contributed by atoms with E-state index in [4.69, 9.17) is 0 Å². The normalized spacial score (nSPS) is 11.7. The van der Waals surface area contributed by atoms with E-state index in [1.807, 2.05) is 20.8 Å². The second-order valence-corrected chi connectivity index (χ2v) is 4.17. The van der Waals surface area contributed by atoms with Crippen LogP contribution in [0.4, 0.5) is 0 Å². The first-order chi connectivity index (χ1) is 7.90. The molecule has 1 atom stereocenters. The van der Waals surface area contributed by atoms with Gasteiger partial charge in [0.2, 0.25) is 12.3 Å². The lowest BCUT2D eigenvalue weighted by atomic mass is 9.95. The molecule has 0 bridgehead atoms. The minimum Gasteiger partial charge on any atom is -0.299 e. The molecule has 0 aromatic rings. The molecule has 2 amide bonds. The van der Waals surface area contributed by atoms with Crippen LogP contribution in [0.3, 0.4) is 0 Å². The maximum absolute atomic E-state index is 11.3. The lowest BCUT2D eigenvalue weighted by molar-refractivity contribution is -0.127. The summed E-state index contributed by atoms with van der Waals surface area (Å²) in [5.74, 6) is -0.791. The molecule has 0 aliphatic carbocycles. The van der Waals surface area contributed by atoms with Gasteiger partial charge in [0.1, 0.15) is 0 Å². The molecule has 17 heavy (non-hydrogen) atoms. The van der Waals surface area contributed by atoms with Crippen molar-refractivity contribution in [2.45, 2.75) is 27.7 Å². The van der Waals surface area contributed by atoms with Crippen LogP contribution < -0.4 is 5.32 Å². The van der Waals surface area contributed by atoms with Gasteiger partial charge in [-0.25, -0.2) is 0 Å². The van der Waals surface area contributed by atoms with Crippen molar-refractivity contribution in [2.75, 3.05) is 0 Å². The van der Waals surface area contributed by atoms with Gasteiger partial charge in [0.15, 0.2) is 0 Å². The highest BCUT2D eigenvalue weighted by Crippen LogP contribution is 2.20. The third kappa shape index (κ3) is 7.69. The van der Waals surface area contributed by atoms with E-state index in [2.05, 4.69) is 34.4 Å². The summed E-state index contributed by atoms with van der Waals surface area (Å²) in [6.07, 6.45) is 2.14. The molecule has 0 saturated carbocycles. The fourth-order valence-electron chi connectivity index (χ4n) is 1.01. The minimum absolute atomic E-state index is 0.358. The molecule has 0 aromatic heterocycles. The molecule has 0 aliphatic rings. The Bertz CT molecular complexity index is 332. The van der Waals surface area contributed by atoms with Crippen LogP contribution in [0.15, 0.2) is 34.9 Å². The molecule has 0 aliphatic heterocycles. The number of nitrogens with one attached hydrogen (secondary N) is 1. The van der Waals surface area contributed by atoms with E-state index in [0.29, 0.717) is 16.5 Å². The fourth-order valence-corrected chi connectivity index (χ4v) is 1.35. The maximum Gasteiger partial charge on any atom is 0.233 e. The summed E-state index contributed by atoms with van der Waals surface area (Å²) in [7, 11) is 0. The average molecular weight is 302 g/mol. The molecule has 0 heterocycles. The fraction of sp³-hybridized carbons (Fsp3) is 0.385. The third-order valence-corrected chi connectivity index (χ3v) is 2.23. The van der Waals surface area contributed by atoms with Gasteiger partial charge < -0.3 is 0 Å². The average Bonchev–Trinajstić information content (AvgIpc) is 2.29. The molecule has 0 spiro atoms. The first-order valence-corrected chi connectivity index (χ1v) is 6.15. The van der Waals surface area contributed by atoms with Gasteiger partial charge in [-0.05, 0) is 31.1 Å². The van der Waals surface area contributed by atoms with Gasteiger partial charge in [-0.1, -0.05) is 42.9 Å². The van der Waals surface area contributed by atoms with Crippen molar-refractivity contribution in [1.82, 2.24) is 5.32 Å². The lowest BCUT2D eigenvalue weighted by Gasteiger charge is -2.13.